The molecule has 1 saturated heterocycles. The average molecular weight is 334 g/mol. The number of aliphatic hydroxyl groups is 3. The van der Waals surface area contributed by atoms with Crippen LogP contribution in [-0.2, 0) is 14.3 Å². The summed E-state index contributed by atoms with van der Waals surface area (Å²) in [6, 6.07) is 0. The maximum absolute atomic E-state index is 10.8. The summed E-state index contributed by atoms with van der Waals surface area (Å²) in [7, 11) is 0. The maximum atomic E-state index is 10.8. The molecule has 1 aliphatic rings. The number of carboxylic acids is 1. The van der Waals surface area contributed by atoms with E-state index in [1.54, 1.807) is 0 Å². The average Bonchev–Trinajstić information content (AvgIpc) is 2.37. The molecule has 7 nitrogen and oxygen atoms in total. The number of ether oxygens (including phenoxy) is 1. The van der Waals surface area contributed by atoms with Crippen LogP contribution in [0.1, 0.15) is 65.2 Å². The highest BCUT2D eigenvalue weighted by atomic mass is 16.5. The van der Waals surface area contributed by atoms with Crippen LogP contribution < -0.4 is 0 Å². The third kappa shape index (κ3) is 12.0. The molecular formula is C16H30O7. The van der Waals surface area contributed by atoms with Crippen LogP contribution >= 0.6 is 0 Å². The molecule has 7 heteroatoms. The Kier molecular flexibility index (Phi) is 11.6. The second-order valence-electron chi connectivity index (χ2n) is 5.92. The van der Waals surface area contributed by atoms with Gasteiger partial charge in [0.2, 0.25) is 0 Å². The molecule has 136 valence electrons. The molecule has 0 unspecified atom stereocenters. The molecule has 1 aliphatic heterocycles. The van der Waals surface area contributed by atoms with Crippen molar-refractivity contribution in [2.45, 2.75) is 89.6 Å². The van der Waals surface area contributed by atoms with Crippen molar-refractivity contribution >= 4 is 11.9 Å². The lowest BCUT2D eigenvalue weighted by Gasteiger charge is -2.25. The van der Waals surface area contributed by atoms with Crippen molar-refractivity contribution in [2.24, 2.45) is 0 Å². The zero-order valence-electron chi connectivity index (χ0n) is 14.0. The van der Waals surface area contributed by atoms with Gasteiger partial charge in [-0.05, 0) is 19.3 Å². The van der Waals surface area contributed by atoms with Crippen molar-refractivity contribution in [3.63, 3.8) is 0 Å². The molecule has 1 fully saturated rings. The van der Waals surface area contributed by atoms with E-state index in [1.807, 2.05) is 13.8 Å². The molecule has 4 N–H and O–H groups in total. The molecule has 0 aliphatic carbocycles. The second-order valence-corrected chi connectivity index (χ2v) is 5.92. The van der Waals surface area contributed by atoms with Gasteiger partial charge in [0.05, 0.1) is 31.2 Å². The molecule has 4 atom stereocenters. The summed E-state index contributed by atoms with van der Waals surface area (Å²) in [6.45, 7) is 3.96. The van der Waals surface area contributed by atoms with Gasteiger partial charge in [-0.25, -0.2) is 0 Å². The topological polar surface area (TPSA) is 124 Å². The number of esters is 1. The van der Waals surface area contributed by atoms with E-state index in [1.165, 1.54) is 0 Å². The highest BCUT2D eigenvalue weighted by Gasteiger charge is 2.26. The van der Waals surface area contributed by atoms with E-state index >= 15 is 0 Å². The quantitative estimate of drug-likeness (QED) is 0.492. The summed E-state index contributed by atoms with van der Waals surface area (Å²) in [5.41, 5.74) is 0. The number of aliphatic carboxylic acids is 1. The Morgan fingerprint density at radius 3 is 2.39 bits per heavy atom. The van der Waals surface area contributed by atoms with Crippen molar-refractivity contribution in [1.29, 1.82) is 0 Å². The third-order valence-corrected chi connectivity index (χ3v) is 3.42. The number of hydrogen-bond acceptors (Lipinski definition) is 6. The van der Waals surface area contributed by atoms with Gasteiger partial charge in [0.15, 0.2) is 0 Å². The fourth-order valence-electron chi connectivity index (χ4n) is 2.41. The van der Waals surface area contributed by atoms with Crippen LogP contribution in [0.25, 0.3) is 0 Å². The molecular weight excluding hydrogens is 304 g/mol. The van der Waals surface area contributed by atoms with Crippen molar-refractivity contribution in [3.8, 4) is 0 Å². The molecule has 0 spiro atoms. The number of hydrogen-bond donors (Lipinski definition) is 4. The van der Waals surface area contributed by atoms with E-state index in [2.05, 4.69) is 0 Å². The van der Waals surface area contributed by atoms with Gasteiger partial charge in [0.1, 0.15) is 6.10 Å². The van der Waals surface area contributed by atoms with Crippen LogP contribution in [0.5, 0.6) is 0 Å². The normalized spacial score (nSPS) is 23.3. The predicted octanol–water partition coefficient (Wildman–Crippen LogP) is 1.23. The molecule has 0 bridgehead atoms. The first-order valence-corrected chi connectivity index (χ1v) is 8.23. The molecule has 0 aromatic rings. The maximum Gasteiger partial charge on any atom is 0.308 e. The lowest BCUT2D eigenvalue weighted by atomic mass is 10.0. The molecule has 1 heterocycles. The summed E-state index contributed by atoms with van der Waals surface area (Å²) in [6.07, 6.45) is 1.91. The fraction of sp³-hybridized carbons (Fsp3) is 0.875. The van der Waals surface area contributed by atoms with Crippen molar-refractivity contribution < 1.29 is 34.8 Å². The van der Waals surface area contributed by atoms with E-state index in [0.29, 0.717) is 12.8 Å². The highest BCUT2D eigenvalue weighted by Crippen LogP contribution is 2.18. The van der Waals surface area contributed by atoms with Crippen LogP contribution in [0.4, 0.5) is 0 Å². The largest absolute Gasteiger partial charge is 0.481 e. The summed E-state index contributed by atoms with van der Waals surface area (Å²) in [5.74, 6) is -1.30. The Morgan fingerprint density at radius 1 is 1.26 bits per heavy atom. The van der Waals surface area contributed by atoms with Gasteiger partial charge in [-0.3, -0.25) is 9.59 Å². The second kappa shape index (κ2) is 12.3. The SMILES string of the molecule is CCC[C@@H](O)C[C@@H](O)CC(=O)O.CCC[C@@H]1C[C@@H](O)CC(=O)O1. The molecule has 0 radical (unpaired) electrons. The van der Waals surface area contributed by atoms with Crippen LogP contribution in [-0.4, -0.2) is 56.8 Å². The van der Waals surface area contributed by atoms with E-state index in [4.69, 9.17) is 14.9 Å². The van der Waals surface area contributed by atoms with Gasteiger partial charge in [-0.2, -0.15) is 0 Å². The molecule has 23 heavy (non-hydrogen) atoms. The van der Waals surface area contributed by atoms with Crippen molar-refractivity contribution in [3.05, 3.63) is 0 Å². The van der Waals surface area contributed by atoms with Gasteiger partial charge in [0.25, 0.3) is 0 Å². The van der Waals surface area contributed by atoms with Crippen LogP contribution in [0.3, 0.4) is 0 Å². The fourth-order valence-corrected chi connectivity index (χ4v) is 2.41. The molecule has 0 amide bonds. The summed E-state index contributed by atoms with van der Waals surface area (Å²) in [5, 5.41) is 35.7. The number of carbonyl (C=O) groups is 2. The lowest BCUT2D eigenvalue weighted by molar-refractivity contribution is -0.160. The standard InChI is InChI=1S/C8H16O4.C8H14O3/c1-2-3-6(9)4-7(10)5-8(11)12;1-2-3-7-4-6(9)5-8(10)11-7/h6-7,9-10H,2-5H2,1H3,(H,11,12);6-7,9H,2-5H2,1H3/t2*6-,7-/m11/s1. The summed E-state index contributed by atoms with van der Waals surface area (Å²) in [4.78, 5) is 20.9. The van der Waals surface area contributed by atoms with Crippen molar-refractivity contribution in [2.75, 3.05) is 0 Å². The van der Waals surface area contributed by atoms with E-state index in [-0.39, 0.29) is 31.3 Å². The van der Waals surface area contributed by atoms with Crippen LogP contribution in [0, 0.1) is 0 Å². The molecule has 0 saturated carbocycles. The zero-order chi connectivity index (χ0) is 17.8. The Morgan fingerprint density at radius 2 is 1.91 bits per heavy atom. The zero-order valence-corrected chi connectivity index (χ0v) is 14.0. The molecule has 0 aromatic heterocycles. The first kappa shape index (κ1) is 21.8. The minimum Gasteiger partial charge on any atom is -0.481 e. The van der Waals surface area contributed by atoms with Gasteiger partial charge >= 0.3 is 11.9 Å². The first-order valence-electron chi connectivity index (χ1n) is 8.23. The number of cyclic esters (lactones) is 1. The van der Waals surface area contributed by atoms with E-state index < -0.39 is 24.3 Å². The van der Waals surface area contributed by atoms with Gasteiger partial charge in [-0.1, -0.05) is 26.7 Å². The van der Waals surface area contributed by atoms with Crippen LogP contribution in [0.15, 0.2) is 0 Å². The van der Waals surface area contributed by atoms with Crippen LogP contribution in [0.2, 0.25) is 0 Å². The van der Waals surface area contributed by atoms with Gasteiger partial charge in [-0.15, -0.1) is 0 Å². The minimum atomic E-state index is -1.04. The Hall–Kier alpha value is -1.18. The molecule has 0 aromatic carbocycles. The van der Waals surface area contributed by atoms with E-state index in [9.17, 15) is 19.8 Å². The smallest absolute Gasteiger partial charge is 0.308 e. The van der Waals surface area contributed by atoms with Gasteiger partial charge in [0, 0.05) is 6.42 Å². The Labute approximate surface area is 137 Å². The summed E-state index contributed by atoms with van der Waals surface area (Å²) >= 11 is 0. The van der Waals surface area contributed by atoms with Crippen molar-refractivity contribution in [1.82, 2.24) is 0 Å². The van der Waals surface area contributed by atoms with Gasteiger partial charge < -0.3 is 25.2 Å². The minimum absolute atomic E-state index is 0.0451. The number of rotatable bonds is 8. The monoisotopic (exact) mass is 334 g/mol. The Balaban J connectivity index is 0.000000422. The number of aliphatic hydroxyl groups excluding tert-OH is 3. The van der Waals surface area contributed by atoms with E-state index in [0.717, 1.165) is 19.3 Å². The predicted molar refractivity (Wildman–Crippen MR) is 83.8 cm³/mol. The third-order valence-electron chi connectivity index (χ3n) is 3.42. The first-order chi connectivity index (χ1) is 10.8. The molecule has 1 rings (SSSR count). The number of carboxylic acid groups (broad SMARTS) is 1. The number of carbonyl (C=O) groups excluding carboxylic acids is 1. The lowest BCUT2D eigenvalue weighted by Crippen LogP contribution is -2.32. The summed E-state index contributed by atoms with van der Waals surface area (Å²) < 4.78 is 5.00. The highest BCUT2D eigenvalue weighted by molar-refractivity contribution is 5.70. The Bertz CT molecular complexity index is 345.